The SMILES string of the molecule is Cc1cc(C(F)(F)F)ccc1-c1cccc(F)c1C#N. The number of nitrogens with zero attached hydrogens (tertiary/aromatic N) is 1. The number of halogens is 4. The van der Waals surface area contributed by atoms with Crippen LogP contribution in [0.1, 0.15) is 16.7 Å². The Labute approximate surface area is 113 Å². The Kier molecular flexibility index (Phi) is 3.49. The maximum atomic E-state index is 13.5. The van der Waals surface area contributed by atoms with Crippen LogP contribution in [-0.4, -0.2) is 0 Å². The predicted octanol–water partition coefficient (Wildman–Crippen LogP) is 4.69. The van der Waals surface area contributed by atoms with Crippen molar-refractivity contribution in [3.63, 3.8) is 0 Å². The molecule has 0 unspecified atom stereocenters. The Morgan fingerprint density at radius 3 is 2.30 bits per heavy atom. The summed E-state index contributed by atoms with van der Waals surface area (Å²) in [7, 11) is 0. The molecule has 0 fully saturated rings. The molecule has 0 radical (unpaired) electrons. The molecule has 0 aliphatic carbocycles. The highest BCUT2D eigenvalue weighted by Crippen LogP contribution is 2.34. The van der Waals surface area contributed by atoms with Crippen molar-refractivity contribution in [1.29, 1.82) is 5.26 Å². The molecule has 0 aliphatic rings. The largest absolute Gasteiger partial charge is 0.416 e. The Hall–Kier alpha value is -2.35. The quantitative estimate of drug-likeness (QED) is 0.694. The molecule has 0 saturated heterocycles. The lowest BCUT2D eigenvalue weighted by atomic mass is 9.94. The summed E-state index contributed by atoms with van der Waals surface area (Å²) in [5, 5.41) is 8.97. The maximum absolute atomic E-state index is 13.5. The Bertz CT molecular complexity index is 696. The van der Waals surface area contributed by atoms with Crippen molar-refractivity contribution >= 4 is 0 Å². The molecule has 2 aromatic rings. The molecule has 5 heteroatoms. The lowest BCUT2D eigenvalue weighted by Gasteiger charge is -2.12. The number of nitriles is 1. The highest BCUT2D eigenvalue weighted by atomic mass is 19.4. The molecule has 0 amide bonds. The van der Waals surface area contributed by atoms with Gasteiger partial charge in [-0.2, -0.15) is 18.4 Å². The fourth-order valence-corrected chi connectivity index (χ4v) is 2.00. The zero-order chi connectivity index (χ0) is 14.9. The minimum absolute atomic E-state index is 0.171. The fourth-order valence-electron chi connectivity index (χ4n) is 2.00. The molecule has 2 rings (SSSR count). The first-order valence-corrected chi connectivity index (χ1v) is 5.71. The average molecular weight is 279 g/mol. The van der Waals surface area contributed by atoms with Gasteiger partial charge in [0.05, 0.1) is 11.1 Å². The normalized spacial score (nSPS) is 11.2. The van der Waals surface area contributed by atoms with E-state index in [-0.39, 0.29) is 5.56 Å². The van der Waals surface area contributed by atoms with Crippen molar-refractivity contribution in [3.05, 3.63) is 58.9 Å². The summed E-state index contributed by atoms with van der Waals surface area (Å²) in [4.78, 5) is 0. The summed E-state index contributed by atoms with van der Waals surface area (Å²) >= 11 is 0. The number of benzene rings is 2. The molecular formula is C15H9F4N. The van der Waals surface area contributed by atoms with Gasteiger partial charge in [-0.3, -0.25) is 0 Å². The molecule has 0 atom stereocenters. The Morgan fingerprint density at radius 2 is 1.75 bits per heavy atom. The van der Waals surface area contributed by atoms with Crippen LogP contribution >= 0.6 is 0 Å². The van der Waals surface area contributed by atoms with Crippen LogP contribution in [0.2, 0.25) is 0 Å². The summed E-state index contributed by atoms with van der Waals surface area (Å²) in [6, 6.07) is 8.98. The highest BCUT2D eigenvalue weighted by molar-refractivity contribution is 5.73. The molecule has 0 spiro atoms. The number of aryl methyl sites for hydroxylation is 1. The first kappa shape index (κ1) is 14.1. The van der Waals surface area contributed by atoms with Gasteiger partial charge in [-0.05, 0) is 36.2 Å². The molecule has 0 N–H and O–H groups in total. The summed E-state index contributed by atoms with van der Waals surface area (Å²) in [5.41, 5.74) is 0.0960. The van der Waals surface area contributed by atoms with Crippen LogP contribution in [0.4, 0.5) is 17.6 Å². The van der Waals surface area contributed by atoms with Crippen molar-refractivity contribution in [2.75, 3.05) is 0 Å². The van der Waals surface area contributed by atoms with Gasteiger partial charge in [-0.25, -0.2) is 4.39 Å². The maximum Gasteiger partial charge on any atom is 0.416 e. The van der Waals surface area contributed by atoms with E-state index in [4.69, 9.17) is 5.26 Å². The van der Waals surface area contributed by atoms with Crippen LogP contribution in [0.5, 0.6) is 0 Å². The van der Waals surface area contributed by atoms with E-state index < -0.39 is 17.6 Å². The van der Waals surface area contributed by atoms with E-state index >= 15 is 0 Å². The molecule has 2 aromatic carbocycles. The fraction of sp³-hybridized carbons (Fsp3) is 0.133. The topological polar surface area (TPSA) is 23.8 Å². The minimum atomic E-state index is -4.43. The van der Waals surface area contributed by atoms with Gasteiger partial charge in [0.2, 0.25) is 0 Å². The number of hydrogen-bond donors (Lipinski definition) is 0. The lowest BCUT2D eigenvalue weighted by molar-refractivity contribution is -0.137. The minimum Gasteiger partial charge on any atom is -0.206 e. The van der Waals surface area contributed by atoms with Gasteiger partial charge in [-0.1, -0.05) is 18.2 Å². The molecule has 0 aromatic heterocycles. The van der Waals surface area contributed by atoms with Gasteiger partial charge in [0.25, 0.3) is 0 Å². The molecule has 0 saturated carbocycles. The van der Waals surface area contributed by atoms with Crippen molar-refractivity contribution in [2.45, 2.75) is 13.1 Å². The van der Waals surface area contributed by atoms with Crippen LogP contribution < -0.4 is 0 Å². The molecule has 0 bridgehead atoms. The van der Waals surface area contributed by atoms with E-state index in [9.17, 15) is 17.6 Å². The summed E-state index contributed by atoms with van der Waals surface area (Å²) in [6.45, 7) is 1.50. The smallest absolute Gasteiger partial charge is 0.206 e. The van der Waals surface area contributed by atoms with Crippen molar-refractivity contribution in [1.82, 2.24) is 0 Å². The van der Waals surface area contributed by atoms with Gasteiger partial charge >= 0.3 is 6.18 Å². The van der Waals surface area contributed by atoms with Crippen LogP contribution in [0.3, 0.4) is 0 Å². The van der Waals surface area contributed by atoms with Gasteiger partial charge in [0.1, 0.15) is 11.9 Å². The molecule has 0 heterocycles. The summed E-state index contributed by atoms with van der Waals surface area (Å²) in [6.07, 6.45) is -4.43. The number of hydrogen-bond acceptors (Lipinski definition) is 1. The van der Waals surface area contributed by atoms with Gasteiger partial charge in [0, 0.05) is 5.56 Å². The lowest BCUT2D eigenvalue weighted by Crippen LogP contribution is -2.05. The Morgan fingerprint density at radius 1 is 1.05 bits per heavy atom. The molecule has 1 nitrogen and oxygen atoms in total. The van der Waals surface area contributed by atoms with Crippen LogP contribution in [0, 0.1) is 24.1 Å². The van der Waals surface area contributed by atoms with E-state index in [0.717, 1.165) is 18.2 Å². The summed E-state index contributed by atoms with van der Waals surface area (Å²) in [5.74, 6) is -0.690. The third kappa shape index (κ3) is 2.50. The number of rotatable bonds is 1. The van der Waals surface area contributed by atoms with E-state index in [2.05, 4.69) is 0 Å². The van der Waals surface area contributed by atoms with Gasteiger partial charge < -0.3 is 0 Å². The van der Waals surface area contributed by atoms with Gasteiger partial charge in [-0.15, -0.1) is 0 Å². The average Bonchev–Trinajstić information content (AvgIpc) is 2.37. The van der Waals surface area contributed by atoms with Crippen molar-refractivity contribution in [3.8, 4) is 17.2 Å². The third-order valence-corrected chi connectivity index (χ3v) is 2.97. The second-order valence-electron chi connectivity index (χ2n) is 4.30. The monoisotopic (exact) mass is 279 g/mol. The Balaban J connectivity index is 2.62. The van der Waals surface area contributed by atoms with Crippen LogP contribution in [-0.2, 0) is 6.18 Å². The zero-order valence-electron chi connectivity index (χ0n) is 10.4. The van der Waals surface area contributed by atoms with Crippen molar-refractivity contribution < 1.29 is 17.6 Å². The van der Waals surface area contributed by atoms with Gasteiger partial charge in [0.15, 0.2) is 0 Å². The first-order chi connectivity index (χ1) is 9.34. The van der Waals surface area contributed by atoms with Crippen LogP contribution in [0.25, 0.3) is 11.1 Å². The number of alkyl halides is 3. The molecule has 0 aliphatic heterocycles. The van der Waals surface area contributed by atoms with E-state index in [1.54, 1.807) is 6.07 Å². The highest BCUT2D eigenvalue weighted by Gasteiger charge is 2.30. The molecule has 20 heavy (non-hydrogen) atoms. The third-order valence-electron chi connectivity index (χ3n) is 2.97. The summed E-state index contributed by atoms with van der Waals surface area (Å²) < 4.78 is 51.3. The van der Waals surface area contributed by atoms with E-state index in [1.807, 2.05) is 0 Å². The standard InChI is InChI=1S/C15H9F4N/c1-9-7-10(15(17,18)19)5-6-11(9)12-3-2-4-14(16)13(12)8-20/h2-7H,1H3. The predicted molar refractivity (Wildman–Crippen MR) is 66.3 cm³/mol. The van der Waals surface area contributed by atoms with E-state index in [1.165, 1.54) is 25.1 Å². The second kappa shape index (κ2) is 4.97. The molecule has 102 valence electrons. The zero-order valence-corrected chi connectivity index (χ0v) is 10.4. The molecular weight excluding hydrogens is 270 g/mol. The second-order valence-corrected chi connectivity index (χ2v) is 4.30. The van der Waals surface area contributed by atoms with Crippen molar-refractivity contribution in [2.24, 2.45) is 0 Å². The van der Waals surface area contributed by atoms with Crippen LogP contribution in [0.15, 0.2) is 36.4 Å². The van der Waals surface area contributed by atoms with E-state index in [0.29, 0.717) is 16.7 Å². The first-order valence-electron chi connectivity index (χ1n) is 5.71.